The van der Waals surface area contributed by atoms with Crippen molar-refractivity contribution in [2.45, 2.75) is 31.9 Å². The molecule has 4 rings (SSSR count). The number of amides is 2. The van der Waals surface area contributed by atoms with Crippen molar-refractivity contribution >= 4 is 23.3 Å². The van der Waals surface area contributed by atoms with Gasteiger partial charge < -0.3 is 14.5 Å². The number of pyridine rings is 1. The van der Waals surface area contributed by atoms with Crippen molar-refractivity contribution in [1.82, 2.24) is 19.8 Å². The Hall–Kier alpha value is -2.48. The molecule has 1 atom stereocenters. The molecule has 0 aliphatic carbocycles. The first kappa shape index (κ1) is 17.0. The van der Waals surface area contributed by atoms with E-state index in [0.29, 0.717) is 25.3 Å². The fourth-order valence-electron chi connectivity index (χ4n) is 3.47. The Balaban J connectivity index is 1.38. The molecule has 26 heavy (non-hydrogen) atoms. The number of likely N-dealkylation sites (tertiary alicyclic amines) is 1. The molecule has 0 spiro atoms. The second kappa shape index (κ2) is 7.03. The van der Waals surface area contributed by atoms with Gasteiger partial charge in [-0.15, -0.1) is 11.3 Å². The normalized spacial score (nSPS) is 21.1. The lowest BCUT2D eigenvalue weighted by Crippen LogP contribution is -2.47. The van der Waals surface area contributed by atoms with Gasteiger partial charge in [0.1, 0.15) is 16.8 Å². The van der Waals surface area contributed by atoms with Gasteiger partial charge in [0.25, 0.3) is 5.91 Å². The largest absolute Gasteiger partial charge is 0.444 e. The molecule has 0 saturated carbocycles. The number of cyclic esters (lactones) is 1. The van der Waals surface area contributed by atoms with Crippen LogP contribution in [0.15, 0.2) is 29.9 Å². The summed E-state index contributed by atoms with van der Waals surface area (Å²) in [4.78, 5) is 36.7. The van der Waals surface area contributed by atoms with Crippen molar-refractivity contribution in [2.24, 2.45) is 0 Å². The van der Waals surface area contributed by atoms with E-state index in [0.717, 1.165) is 23.4 Å². The lowest BCUT2D eigenvalue weighted by atomic mass is 10.0. The van der Waals surface area contributed by atoms with Gasteiger partial charge in [0, 0.05) is 42.5 Å². The summed E-state index contributed by atoms with van der Waals surface area (Å²) in [6, 6.07) is 3.92. The number of aromatic nitrogens is 2. The highest BCUT2D eigenvalue weighted by atomic mass is 32.1. The fraction of sp³-hybridized carbons (Fsp3) is 0.444. The van der Waals surface area contributed by atoms with Gasteiger partial charge in [0.05, 0.1) is 6.54 Å². The van der Waals surface area contributed by atoms with Crippen molar-refractivity contribution in [3.63, 3.8) is 0 Å². The third kappa shape index (κ3) is 3.29. The number of piperidine rings is 1. The molecule has 7 nitrogen and oxygen atoms in total. The molecule has 0 radical (unpaired) electrons. The van der Waals surface area contributed by atoms with E-state index in [9.17, 15) is 9.59 Å². The van der Waals surface area contributed by atoms with E-state index in [2.05, 4.69) is 9.97 Å². The Morgan fingerprint density at radius 3 is 2.65 bits per heavy atom. The molecule has 2 aliphatic heterocycles. The highest BCUT2D eigenvalue weighted by molar-refractivity contribution is 7.13. The van der Waals surface area contributed by atoms with Crippen molar-refractivity contribution < 1.29 is 14.3 Å². The maximum atomic E-state index is 12.7. The Bertz CT molecular complexity index is 802. The SMILES string of the molecule is CC1CN(C2CCN(C(=O)c3csc(-c4ccncc4)n3)CC2)C(=O)O1. The molecule has 2 aromatic heterocycles. The van der Waals surface area contributed by atoms with Crippen LogP contribution in [0.4, 0.5) is 4.79 Å². The number of nitrogens with zero attached hydrogens (tertiary/aromatic N) is 4. The van der Waals surface area contributed by atoms with E-state index in [1.165, 1.54) is 11.3 Å². The summed E-state index contributed by atoms with van der Waals surface area (Å²) in [7, 11) is 0. The van der Waals surface area contributed by atoms with E-state index in [1.54, 1.807) is 17.3 Å². The zero-order valence-corrected chi connectivity index (χ0v) is 15.3. The van der Waals surface area contributed by atoms with Crippen LogP contribution in [0.25, 0.3) is 10.6 Å². The number of hydrogen-bond donors (Lipinski definition) is 0. The molecule has 8 heteroatoms. The Kier molecular flexibility index (Phi) is 4.58. The molecule has 0 bridgehead atoms. The molecule has 4 heterocycles. The fourth-order valence-corrected chi connectivity index (χ4v) is 4.27. The molecule has 0 aromatic carbocycles. The van der Waals surface area contributed by atoms with E-state index in [1.807, 2.05) is 29.3 Å². The number of carbonyl (C=O) groups excluding carboxylic acids is 2. The zero-order chi connectivity index (χ0) is 18.1. The van der Waals surface area contributed by atoms with Crippen LogP contribution in [0, 0.1) is 0 Å². The second-order valence-electron chi connectivity index (χ2n) is 6.64. The molecule has 2 fully saturated rings. The van der Waals surface area contributed by atoms with E-state index in [4.69, 9.17) is 4.74 Å². The smallest absolute Gasteiger partial charge is 0.410 e. The van der Waals surface area contributed by atoms with Gasteiger partial charge in [-0.05, 0) is 31.9 Å². The average molecular weight is 372 g/mol. The molecular formula is C18H20N4O3S. The van der Waals surface area contributed by atoms with Gasteiger partial charge in [-0.2, -0.15) is 0 Å². The van der Waals surface area contributed by atoms with Gasteiger partial charge in [-0.3, -0.25) is 9.78 Å². The topological polar surface area (TPSA) is 75.6 Å². The maximum absolute atomic E-state index is 12.7. The van der Waals surface area contributed by atoms with Crippen molar-refractivity contribution in [1.29, 1.82) is 0 Å². The van der Waals surface area contributed by atoms with Gasteiger partial charge >= 0.3 is 6.09 Å². The summed E-state index contributed by atoms with van der Waals surface area (Å²) in [5, 5.41) is 2.63. The predicted molar refractivity (Wildman–Crippen MR) is 96.9 cm³/mol. The van der Waals surface area contributed by atoms with Crippen LogP contribution in [0.5, 0.6) is 0 Å². The van der Waals surface area contributed by atoms with Gasteiger partial charge in [0.2, 0.25) is 0 Å². The lowest BCUT2D eigenvalue weighted by molar-refractivity contribution is 0.0653. The molecule has 2 aliphatic rings. The second-order valence-corrected chi connectivity index (χ2v) is 7.50. The van der Waals surface area contributed by atoms with Crippen LogP contribution in [0.2, 0.25) is 0 Å². The van der Waals surface area contributed by atoms with E-state index < -0.39 is 0 Å². The van der Waals surface area contributed by atoms with E-state index >= 15 is 0 Å². The molecule has 2 saturated heterocycles. The number of carbonyl (C=O) groups is 2. The first-order chi connectivity index (χ1) is 12.6. The summed E-state index contributed by atoms with van der Waals surface area (Å²) < 4.78 is 5.21. The molecule has 2 aromatic rings. The molecule has 2 amide bonds. The Morgan fingerprint density at radius 1 is 1.27 bits per heavy atom. The number of thiazole rings is 1. The quantitative estimate of drug-likeness (QED) is 0.828. The summed E-state index contributed by atoms with van der Waals surface area (Å²) >= 11 is 1.46. The maximum Gasteiger partial charge on any atom is 0.410 e. The first-order valence-electron chi connectivity index (χ1n) is 8.74. The van der Waals surface area contributed by atoms with Crippen molar-refractivity contribution in [3.05, 3.63) is 35.6 Å². The first-order valence-corrected chi connectivity index (χ1v) is 9.62. The molecule has 136 valence electrons. The van der Waals surface area contributed by atoms with Gasteiger partial charge in [-0.25, -0.2) is 9.78 Å². The third-order valence-corrected chi connectivity index (χ3v) is 5.72. The summed E-state index contributed by atoms with van der Waals surface area (Å²) in [6.45, 7) is 3.80. The minimum atomic E-state index is -0.233. The molecule has 1 unspecified atom stereocenters. The summed E-state index contributed by atoms with van der Waals surface area (Å²) in [5.41, 5.74) is 1.44. The average Bonchev–Trinajstić information content (AvgIpc) is 3.29. The van der Waals surface area contributed by atoms with Crippen LogP contribution in [-0.4, -0.2) is 63.5 Å². The standard InChI is InChI=1S/C18H20N4O3S/c1-12-10-22(18(24)25-12)14-4-8-21(9-5-14)17(23)15-11-26-16(20-15)13-2-6-19-7-3-13/h2-3,6-7,11-12,14H,4-5,8-10H2,1H3. The Morgan fingerprint density at radius 2 is 2.00 bits per heavy atom. The van der Waals surface area contributed by atoms with Crippen LogP contribution < -0.4 is 0 Å². The lowest BCUT2D eigenvalue weighted by Gasteiger charge is -2.35. The highest BCUT2D eigenvalue weighted by Gasteiger charge is 2.36. The highest BCUT2D eigenvalue weighted by Crippen LogP contribution is 2.26. The van der Waals surface area contributed by atoms with Crippen LogP contribution >= 0.6 is 11.3 Å². The van der Waals surface area contributed by atoms with Crippen LogP contribution in [0.3, 0.4) is 0 Å². The van der Waals surface area contributed by atoms with Crippen molar-refractivity contribution in [3.8, 4) is 10.6 Å². The van der Waals surface area contributed by atoms with Crippen LogP contribution in [-0.2, 0) is 4.74 Å². The molecular weight excluding hydrogens is 352 g/mol. The van der Waals surface area contributed by atoms with Crippen molar-refractivity contribution in [2.75, 3.05) is 19.6 Å². The van der Waals surface area contributed by atoms with E-state index in [-0.39, 0.29) is 24.1 Å². The van der Waals surface area contributed by atoms with Crippen LogP contribution in [0.1, 0.15) is 30.3 Å². The number of rotatable bonds is 3. The minimum absolute atomic E-state index is 0.0441. The van der Waals surface area contributed by atoms with Gasteiger partial charge in [0.15, 0.2) is 0 Å². The number of ether oxygens (including phenoxy) is 1. The summed E-state index contributed by atoms with van der Waals surface area (Å²) in [5.74, 6) is -0.0441. The predicted octanol–water partition coefficient (Wildman–Crippen LogP) is 2.65. The zero-order valence-electron chi connectivity index (χ0n) is 14.5. The van der Waals surface area contributed by atoms with Gasteiger partial charge in [-0.1, -0.05) is 0 Å². The number of hydrogen-bond acceptors (Lipinski definition) is 6. The molecule has 0 N–H and O–H groups in total. The summed E-state index contributed by atoms with van der Waals surface area (Å²) in [6.07, 6.45) is 4.69. The Labute approximate surface area is 155 Å². The minimum Gasteiger partial charge on any atom is -0.444 e. The monoisotopic (exact) mass is 372 g/mol. The third-order valence-electron chi connectivity index (χ3n) is 4.83.